The third-order valence-electron chi connectivity index (χ3n) is 2.56. The first-order valence-electron chi connectivity index (χ1n) is 5.54. The molecule has 0 bridgehead atoms. The van der Waals surface area contributed by atoms with E-state index in [1.807, 2.05) is 30.3 Å². The molecule has 4 heteroatoms. The van der Waals surface area contributed by atoms with Crippen LogP contribution in [0.25, 0.3) is 0 Å². The third kappa shape index (κ3) is 4.09. The zero-order valence-corrected chi connectivity index (χ0v) is 13.5. The monoisotopic (exact) mass is 387 g/mol. The lowest BCUT2D eigenvalue weighted by atomic mass is 10.2. The van der Waals surface area contributed by atoms with Crippen LogP contribution in [0.4, 0.5) is 0 Å². The number of halogens is 3. The second-order valence-corrected chi connectivity index (χ2v) is 6.12. The van der Waals surface area contributed by atoms with Crippen molar-refractivity contribution in [2.24, 2.45) is 0 Å². The van der Waals surface area contributed by atoms with Gasteiger partial charge in [-0.2, -0.15) is 0 Å². The number of benzene rings is 2. The summed E-state index contributed by atoms with van der Waals surface area (Å²) >= 11 is 12.8. The first-order chi connectivity index (χ1) is 8.65. The quantitative estimate of drug-likeness (QED) is 0.762. The number of hydrogen-bond donors (Lipinski definition) is 1. The van der Waals surface area contributed by atoms with Crippen molar-refractivity contribution in [3.8, 4) is 0 Å². The molecule has 0 aliphatic rings. The molecule has 0 radical (unpaired) electrons. The Labute approximate surface area is 129 Å². The first kappa shape index (κ1) is 14.1. The molecule has 0 heterocycles. The summed E-state index contributed by atoms with van der Waals surface area (Å²) in [5, 5.41) is 4.18. The van der Waals surface area contributed by atoms with Crippen molar-refractivity contribution >= 4 is 43.5 Å². The smallest absolute Gasteiger partial charge is 0.0406 e. The third-order valence-corrected chi connectivity index (χ3v) is 4.69. The van der Waals surface area contributed by atoms with Crippen LogP contribution >= 0.6 is 43.5 Å². The van der Waals surface area contributed by atoms with Gasteiger partial charge in [0, 0.05) is 27.1 Å². The molecule has 0 atom stereocenters. The number of nitrogens with one attached hydrogen (secondary N) is 1. The first-order valence-corrected chi connectivity index (χ1v) is 7.50. The molecule has 0 saturated heterocycles. The van der Waals surface area contributed by atoms with E-state index in [1.54, 1.807) is 0 Å². The van der Waals surface area contributed by atoms with Gasteiger partial charge in [0.15, 0.2) is 0 Å². The average Bonchev–Trinajstić information content (AvgIpc) is 2.36. The minimum Gasteiger partial charge on any atom is -0.309 e. The molecule has 2 aromatic carbocycles. The van der Waals surface area contributed by atoms with E-state index >= 15 is 0 Å². The second-order valence-electron chi connectivity index (χ2n) is 3.98. The minimum absolute atomic E-state index is 0.774. The summed E-state index contributed by atoms with van der Waals surface area (Å²) in [6.45, 7) is 1.68. The summed E-state index contributed by atoms with van der Waals surface area (Å²) in [6.07, 6.45) is 0. The molecule has 18 heavy (non-hydrogen) atoms. The number of hydrogen-bond acceptors (Lipinski definition) is 1. The molecule has 94 valence electrons. The van der Waals surface area contributed by atoms with Crippen LogP contribution in [0.3, 0.4) is 0 Å². The van der Waals surface area contributed by atoms with Crippen LogP contribution in [0.15, 0.2) is 51.4 Å². The van der Waals surface area contributed by atoms with Crippen molar-refractivity contribution in [2.75, 3.05) is 0 Å². The highest BCUT2D eigenvalue weighted by Crippen LogP contribution is 2.23. The Morgan fingerprint density at radius 1 is 0.833 bits per heavy atom. The molecule has 0 aliphatic heterocycles. The largest absolute Gasteiger partial charge is 0.309 e. The summed E-state index contributed by atoms with van der Waals surface area (Å²) < 4.78 is 2.15. The zero-order chi connectivity index (χ0) is 13.0. The average molecular weight is 390 g/mol. The molecule has 0 aromatic heterocycles. The lowest BCUT2D eigenvalue weighted by Gasteiger charge is -2.06. The Bertz CT molecular complexity index is 526. The molecule has 0 spiro atoms. The van der Waals surface area contributed by atoms with Crippen molar-refractivity contribution in [3.05, 3.63) is 67.6 Å². The van der Waals surface area contributed by atoms with Gasteiger partial charge in [-0.05, 0) is 67.3 Å². The van der Waals surface area contributed by atoms with E-state index in [0.29, 0.717) is 0 Å². The van der Waals surface area contributed by atoms with E-state index in [1.165, 1.54) is 11.1 Å². The predicted molar refractivity (Wildman–Crippen MR) is 83.8 cm³/mol. The van der Waals surface area contributed by atoms with Crippen molar-refractivity contribution in [3.63, 3.8) is 0 Å². The van der Waals surface area contributed by atoms with Crippen molar-refractivity contribution in [1.29, 1.82) is 0 Å². The van der Waals surface area contributed by atoms with Crippen LogP contribution < -0.4 is 5.32 Å². The molecule has 1 N–H and O–H groups in total. The van der Waals surface area contributed by atoms with E-state index in [9.17, 15) is 0 Å². The molecule has 1 nitrogen and oxygen atoms in total. The Morgan fingerprint density at radius 2 is 1.44 bits per heavy atom. The fourth-order valence-electron chi connectivity index (χ4n) is 1.60. The fraction of sp³-hybridized carbons (Fsp3) is 0.143. The highest BCUT2D eigenvalue weighted by molar-refractivity contribution is 9.13. The summed E-state index contributed by atoms with van der Waals surface area (Å²) in [5.41, 5.74) is 2.48. The lowest BCUT2D eigenvalue weighted by Crippen LogP contribution is -2.12. The van der Waals surface area contributed by atoms with Gasteiger partial charge in [0.1, 0.15) is 0 Å². The van der Waals surface area contributed by atoms with Crippen LogP contribution in [-0.2, 0) is 13.1 Å². The van der Waals surface area contributed by atoms with Crippen LogP contribution in [0.2, 0.25) is 5.02 Å². The molecule has 0 unspecified atom stereocenters. The Kier molecular flexibility index (Phi) is 5.25. The summed E-state index contributed by atoms with van der Waals surface area (Å²) in [7, 11) is 0. The van der Waals surface area contributed by atoms with Crippen LogP contribution in [-0.4, -0.2) is 0 Å². The van der Waals surface area contributed by atoms with Crippen molar-refractivity contribution in [2.45, 2.75) is 13.1 Å². The van der Waals surface area contributed by atoms with E-state index in [4.69, 9.17) is 11.6 Å². The van der Waals surface area contributed by atoms with E-state index in [-0.39, 0.29) is 0 Å². The summed E-state index contributed by atoms with van der Waals surface area (Å²) in [5.74, 6) is 0. The van der Waals surface area contributed by atoms with Crippen molar-refractivity contribution in [1.82, 2.24) is 5.32 Å². The Hall–Kier alpha value is -0.350. The van der Waals surface area contributed by atoms with Crippen LogP contribution in [0, 0.1) is 0 Å². The van der Waals surface area contributed by atoms with Gasteiger partial charge in [-0.25, -0.2) is 0 Å². The summed E-state index contributed by atoms with van der Waals surface area (Å²) in [6, 6.07) is 14.1. The minimum atomic E-state index is 0.774. The molecule has 2 rings (SSSR count). The Balaban J connectivity index is 1.88. The van der Waals surface area contributed by atoms with E-state index < -0.39 is 0 Å². The van der Waals surface area contributed by atoms with Gasteiger partial charge in [-0.15, -0.1) is 0 Å². The number of rotatable bonds is 4. The molecule has 0 amide bonds. The standard InChI is InChI=1S/C14H12Br2ClN/c15-13-6-3-11(7-14(13)16)9-18-8-10-1-4-12(17)5-2-10/h1-7,18H,8-9H2. The predicted octanol–water partition coefficient (Wildman–Crippen LogP) is 5.15. The highest BCUT2D eigenvalue weighted by Gasteiger charge is 1.99. The van der Waals surface area contributed by atoms with E-state index in [0.717, 1.165) is 27.1 Å². The summed E-state index contributed by atoms with van der Waals surface area (Å²) in [4.78, 5) is 0. The van der Waals surface area contributed by atoms with Gasteiger partial charge in [0.25, 0.3) is 0 Å². The van der Waals surface area contributed by atoms with Crippen molar-refractivity contribution < 1.29 is 0 Å². The SMILES string of the molecule is Clc1ccc(CNCc2ccc(Br)c(Br)c2)cc1. The maximum atomic E-state index is 5.84. The molecule has 2 aromatic rings. The van der Waals surface area contributed by atoms with Gasteiger partial charge in [0.05, 0.1) is 0 Å². The van der Waals surface area contributed by atoms with Gasteiger partial charge in [-0.3, -0.25) is 0 Å². The molecule has 0 fully saturated rings. The van der Waals surface area contributed by atoms with E-state index in [2.05, 4.69) is 49.3 Å². The highest BCUT2D eigenvalue weighted by atomic mass is 79.9. The normalized spacial score (nSPS) is 10.6. The molecule has 0 saturated carbocycles. The molecular formula is C14H12Br2ClN. The molecule has 0 aliphatic carbocycles. The second kappa shape index (κ2) is 6.71. The topological polar surface area (TPSA) is 12.0 Å². The molecular weight excluding hydrogens is 377 g/mol. The lowest BCUT2D eigenvalue weighted by molar-refractivity contribution is 0.693. The maximum Gasteiger partial charge on any atom is 0.0406 e. The van der Waals surface area contributed by atoms with Gasteiger partial charge >= 0.3 is 0 Å². The van der Waals surface area contributed by atoms with Gasteiger partial charge in [-0.1, -0.05) is 29.8 Å². The fourth-order valence-corrected chi connectivity index (χ4v) is 2.40. The zero-order valence-electron chi connectivity index (χ0n) is 9.59. The maximum absolute atomic E-state index is 5.84. The van der Waals surface area contributed by atoms with Crippen LogP contribution in [0.5, 0.6) is 0 Å². The van der Waals surface area contributed by atoms with Crippen LogP contribution in [0.1, 0.15) is 11.1 Å². The Morgan fingerprint density at radius 3 is 2.11 bits per heavy atom. The van der Waals surface area contributed by atoms with Gasteiger partial charge in [0.2, 0.25) is 0 Å². The van der Waals surface area contributed by atoms with Gasteiger partial charge < -0.3 is 5.32 Å².